The van der Waals surface area contributed by atoms with Gasteiger partial charge in [0.2, 0.25) is 0 Å². The van der Waals surface area contributed by atoms with Crippen molar-refractivity contribution >= 4 is 17.9 Å². The number of hydrogen-bond acceptors (Lipinski definition) is 6. The second-order valence-corrected chi connectivity index (χ2v) is 16.5. The van der Waals surface area contributed by atoms with Crippen molar-refractivity contribution in [3.05, 3.63) is 72.9 Å². The van der Waals surface area contributed by atoms with Crippen LogP contribution < -0.4 is 0 Å². The number of unbranched alkanes of at least 4 members (excludes halogenated alkanes) is 26. The molecule has 0 rings (SSSR count). The van der Waals surface area contributed by atoms with Crippen LogP contribution in [0.25, 0.3) is 0 Å². The molecule has 0 bridgehead atoms. The lowest BCUT2D eigenvalue weighted by molar-refractivity contribution is -0.167. The fraction of sp³-hybridized carbons (Fsp3) is 0.722. The third-order valence-corrected chi connectivity index (χ3v) is 10.6. The Morgan fingerprint density at radius 2 is 0.650 bits per heavy atom. The molecule has 0 fully saturated rings. The number of hydrogen-bond donors (Lipinski definition) is 0. The summed E-state index contributed by atoms with van der Waals surface area (Å²) in [4.78, 5) is 37.9. The molecule has 0 aromatic rings. The normalized spacial score (nSPS) is 12.7. The zero-order valence-corrected chi connectivity index (χ0v) is 39.2. The summed E-state index contributed by atoms with van der Waals surface area (Å²) in [5.74, 6) is -0.931. The van der Waals surface area contributed by atoms with E-state index in [1.807, 2.05) is 60.8 Å². The maximum atomic E-state index is 12.8. The van der Waals surface area contributed by atoms with E-state index in [9.17, 15) is 14.4 Å². The third kappa shape index (κ3) is 45.9. The third-order valence-electron chi connectivity index (χ3n) is 10.6. The average Bonchev–Trinajstić information content (AvgIpc) is 3.24. The van der Waals surface area contributed by atoms with E-state index >= 15 is 0 Å². The molecule has 1 unspecified atom stereocenters. The van der Waals surface area contributed by atoms with Crippen molar-refractivity contribution in [1.29, 1.82) is 0 Å². The Kier molecular flexibility index (Phi) is 46.0. The lowest BCUT2D eigenvalue weighted by atomic mass is 10.0. The second-order valence-electron chi connectivity index (χ2n) is 16.5. The van der Waals surface area contributed by atoms with Gasteiger partial charge in [-0.2, -0.15) is 0 Å². The van der Waals surface area contributed by atoms with Crippen molar-refractivity contribution in [3.63, 3.8) is 0 Å². The van der Waals surface area contributed by atoms with Gasteiger partial charge < -0.3 is 14.2 Å². The van der Waals surface area contributed by atoms with Crippen molar-refractivity contribution < 1.29 is 28.6 Å². The maximum absolute atomic E-state index is 12.8. The topological polar surface area (TPSA) is 78.9 Å². The van der Waals surface area contributed by atoms with Crippen LogP contribution in [-0.4, -0.2) is 37.2 Å². The lowest BCUT2D eigenvalue weighted by Gasteiger charge is -2.18. The number of rotatable bonds is 44. The van der Waals surface area contributed by atoms with Gasteiger partial charge in [0.15, 0.2) is 6.10 Å². The number of allylic oxidation sites excluding steroid dienone is 12. The van der Waals surface area contributed by atoms with Gasteiger partial charge in [0, 0.05) is 19.3 Å². The Morgan fingerprint density at radius 1 is 0.350 bits per heavy atom. The standard InChI is InChI=1S/C54H92O6/c1-4-7-10-13-16-19-22-24-26-27-29-30-32-35-38-41-44-47-53(56)59-50-51(49-58-52(55)46-43-40-37-34-21-18-15-12-9-6-3)60-54(57)48-45-42-39-36-33-31-28-25-23-20-17-14-11-8-5-2/h7,10,13,16,19,22,24,26-27,29-30,32,51H,4-6,8-9,11-12,14-15,17-18,20-21,23,25,28,31,33-50H2,1-3H3/b10-7-,16-13-,22-19-,26-24-,29-27+,32-30-. The van der Waals surface area contributed by atoms with E-state index in [1.165, 1.54) is 122 Å². The fourth-order valence-corrected chi connectivity index (χ4v) is 6.89. The van der Waals surface area contributed by atoms with Crippen molar-refractivity contribution in [2.24, 2.45) is 0 Å². The Hall–Kier alpha value is -3.15. The van der Waals surface area contributed by atoms with Crippen LogP contribution in [0.2, 0.25) is 0 Å². The second kappa shape index (κ2) is 48.5. The van der Waals surface area contributed by atoms with Gasteiger partial charge in [-0.05, 0) is 38.5 Å². The monoisotopic (exact) mass is 837 g/mol. The van der Waals surface area contributed by atoms with Gasteiger partial charge >= 0.3 is 17.9 Å². The van der Waals surface area contributed by atoms with E-state index in [-0.39, 0.29) is 31.1 Å². The van der Waals surface area contributed by atoms with Crippen LogP contribution in [0.3, 0.4) is 0 Å². The predicted octanol–water partition coefficient (Wildman–Crippen LogP) is 16.3. The summed E-state index contributed by atoms with van der Waals surface area (Å²) < 4.78 is 16.7. The highest BCUT2D eigenvalue weighted by Gasteiger charge is 2.19. The van der Waals surface area contributed by atoms with Crippen molar-refractivity contribution in [2.45, 2.75) is 239 Å². The van der Waals surface area contributed by atoms with Crippen molar-refractivity contribution in [2.75, 3.05) is 13.2 Å². The van der Waals surface area contributed by atoms with E-state index in [0.717, 1.165) is 70.6 Å². The zero-order valence-electron chi connectivity index (χ0n) is 39.2. The first kappa shape index (κ1) is 56.9. The quantitative estimate of drug-likeness (QED) is 0.0263. The van der Waals surface area contributed by atoms with Crippen LogP contribution in [0.4, 0.5) is 0 Å². The summed E-state index contributed by atoms with van der Waals surface area (Å²) >= 11 is 0. The summed E-state index contributed by atoms with van der Waals surface area (Å²) in [5.41, 5.74) is 0. The molecule has 344 valence electrons. The summed E-state index contributed by atoms with van der Waals surface area (Å²) in [7, 11) is 0. The van der Waals surface area contributed by atoms with Crippen molar-refractivity contribution in [3.8, 4) is 0 Å². The molecule has 0 aromatic heterocycles. The predicted molar refractivity (Wildman–Crippen MR) is 256 cm³/mol. The van der Waals surface area contributed by atoms with E-state index in [0.29, 0.717) is 19.3 Å². The average molecular weight is 837 g/mol. The Morgan fingerprint density at radius 3 is 1.02 bits per heavy atom. The molecular formula is C54H92O6. The molecular weight excluding hydrogens is 745 g/mol. The number of carbonyl (C=O) groups is 3. The number of ether oxygens (including phenoxy) is 3. The Balaban J connectivity index is 4.44. The lowest BCUT2D eigenvalue weighted by Crippen LogP contribution is -2.30. The first-order valence-electron chi connectivity index (χ1n) is 25.0. The van der Waals surface area contributed by atoms with Crippen LogP contribution in [0.1, 0.15) is 233 Å². The molecule has 6 heteroatoms. The maximum Gasteiger partial charge on any atom is 0.306 e. The van der Waals surface area contributed by atoms with E-state index < -0.39 is 6.10 Å². The van der Waals surface area contributed by atoms with Gasteiger partial charge in [-0.25, -0.2) is 0 Å². The SMILES string of the molecule is CC\C=C/C=C\C=C/C=C\C=C\C=C/CCCCCC(=O)OCC(COC(=O)CCCCCCCCCCCC)OC(=O)CCCCCCCCCCCCCCCCC. The Labute approximate surface area is 370 Å². The van der Waals surface area contributed by atoms with Crippen LogP contribution >= 0.6 is 0 Å². The first-order valence-corrected chi connectivity index (χ1v) is 25.0. The van der Waals surface area contributed by atoms with Gasteiger partial charge in [0.1, 0.15) is 13.2 Å². The van der Waals surface area contributed by atoms with Gasteiger partial charge in [-0.1, -0.05) is 248 Å². The van der Waals surface area contributed by atoms with E-state index in [2.05, 4.69) is 32.9 Å². The van der Waals surface area contributed by atoms with Crippen LogP contribution in [0.15, 0.2) is 72.9 Å². The summed E-state index contributed by atoms with van der Waals surface area (Å²) in [5, 5.41) is 0. The molecule has 0 saturated heterocycles. The molecule has 0 radical (unpaired) electrons. The minimum Gasteiger partial charge on any atom is -0.462 e. The molecule has 60 heavy (non-hydrogen) atoms. The fourth-order valence-electron chi connectivity index (χ4n) is 6.89. The molecule has 0 aliphatic heterocycles. The highest BCUT2D eigenvalue weighted by Crippen LogP contribution is 2.15. The number of esters is 3. The van der Waals surface area contributed by atoms with Gasteiger partial charge in [0.05, 0.1) is 0 Å². The molecule has 1 atom stereocenters. The van der Waals surface area contributed by atoms with Gasteiger partial charge in [-0.3, -0.25) is 14.4 Å². The molecule has 0 aliphatic rings. The molecule has 0 N–H and O–H groups in total. The minimum absolute atomic E-state index is 0.0873. The van der Waals surface area contributed by atoms with Crippen LogP contribution in [0, 0.1) is 0 Å². The number of carbonyl (C=O) groups excluding carboxylic acids is 3. The summed E-state index contributed by atoms with van der Waals surface area (Å²) in [6.45, 7) is 6.45. The highest BCUT2D eigenvalue weighted by molar-refractivity contribution is 5.71. The highest BCUT2D eigenvalue weighted by atomic mass is 16.6. The van der Waals surface area contributed by atoms with Crippen LogP contribution in [0.5, 0.6) is 0 Å². The van der Waals surface area contributed by atoms with Gasteiger partial charge in [-0.15, -0.1) is 0 Å². The Bertz CT molecular complexity index is 1140. The molecule has 0 amide bonds. The molecule has 0 saturated carbocycles. The smallest absolute Gasteiger partial charge is 0.306 e. The summed E-state index contributed by atoms with van der Waals surface area (Å²) in [6, 6.07) is 0. The largest absolute Gasteiger partial charge is 0.462 e. The zero-order chi connectivity index (χ0) is 43.7. The molecule has 0 aromatic carbocycles. The molecule has 0 aliphatic carbocycles. The van der Waals surface area contributed by atoms with Gasteiger partial charge in [0.25, 0.3) is 0 Å². The summed E-state index contributed by atoms with van der Waals surface area (Å²) in [6.07, 6.45) is 60.2. The van der Waals surface area contributed by atoms with E-state index in [1.54, 1.807) is 0 Å². The van der Waals surface area contributed by atoms with Crippen molar-refractivity contribution in [1.82, 2.24) is 0 Å². The molecule has 0 heterocycles. The minimum atomic E-state index is -0.789. The van der Waals surface area contributed by atoms with E-state index in [4.69, 9.17) is 14.2 Å². The van der Waals surface area contributed by atoms with Crippen LogP contribution in [-0.2, 0) is 28.6 Å². The molecule has 0 spiro atoms. The molecule has 6 nitrogen and oxygen atoms in total. The first-order chi connectivity index (χ1) is 29.5.